The first kappa shape index (κ1) is 24.8. The van der Waals surface area contributed by atoms with E-state index in [1.165, 1.54) is 7.05 Å². The summed E-state index contributed by atoms with van der Waals surface area (Å²) in [5, 5.41) is 29.1. The predicted molar refractivity (Wildman–Crippen MR) is 94.0 cm³/mol. The molecular weight excluding hydrogens is 378 g/mol. The van der Waals surface area contributed by atoms with Crippen LogP contribution >= 0.6 is 0 Å². The molecule has 0 spiro atoms. The van der Waals surface area contributed by atoms with Gasteiger partial charge in [-0.2, -0.15) is 0 Å². The topological polar surface area (TPSA) is 203 Å². The molecule has 13 heteroatoms. The van der Waals surface area contributed by atoms with Crippen LogP contribution in [0.1, 0.15) is 19.8 Å². The lowest BCUT2D eigenvalue weighted by atomic mass is 10.1. The predicted octanol–water partition coefficient (Wildman–Crippen LogP) is -3.62. The Morgan fingerprint density at radius 3 is 1.75 bits per heavy atom. The van der Waals surface area contributed by atoms with E-state index in [1.807, 2.05) is 0 Å². The van der Waals surface area contributed by atoms with Gasteiger partial charge in [0.2, 0.25) is 23.6 Å². The molecule has 0 radical (unpaired) electrons. The maximum atomic E-state index is 12.1. The van der Waals surface area contributed by atoms with E-state index in [1.54, 1.807) is 6.92 Å². The summed E-state index contributed by atoms with van der Waals surface area (Å²) in [6.45, 7) is 1.25. The van der Waals surface area contributed by atoms with Gasteiger partial charge < -0.3 is 36.8 Å². The third-order valence-corrected chi connectivity index (χ3v) is 3.30. The molecule has 0 heterocycles. The average Bonchev–Trinajstić information content (AvgIpc) is 2.61. The fraction of sp³-hybridized carbons (Fsp3) is 0.600. The highest BCUT2D eigenvalue weighted by atomic mass is 16.4. The lowest BCUT2D eigenvalue weighted by Crippen LogP contribution is -2.54. The average molecular weight is 403 g/mol. The minimum Gasteiger partial charge on any atom is -0.481 e. The minimum atomic E-state index is -1.52. The number of aliphatic carboxylic acids is 2. The lowest BCUT2D eigenvalue weighted by molar-refractivity contribution is -0.142. The highest BCUT2D eigenvalue weighted by Crippen LogP contribution is 1.98. The number of carbonyl (C=O) groups excluding carboxylic acids is 4. The number of carbonyl (C=O) groups is 6. The molecular formula is C15H25N5O8. The van der Waals surface area contributed by atoms with E-state index in [-0.39, 0.29) is 6.54 Å². The van der Waals surface area contributed by atoms with E-state index in [2.05, 4.69) is 26.6 Å². The molecule has 2 unspecified atom stereocenters. The van der Waals surface area contributed by atoms with Crippen LogP contribution in [-0.2, 0) is 28.8 Å². The van der Waals surface area contributed by atoms with Crippen molar-refractivity contribution in [2.75, 3.05) is 26.7 Å². The van der Waals surface area contributed by atoms with Crippen LogP contribution in [0.2, 0.25) is 0 Å². The summed E-state index contributed by atoms with van der Waals surface area (Å²) in [5.74, 6) is -5.60. The fourth-order valence-corrected chi connectivity index (χ4v) is 1.95. The van der Waals surface area contributed by atoms with Crippen molar-refractivity contribution in [3.63, 3.8) is 0 Å². The zero-order chi connectivity index (χ0) is 21.7. The largest absolute Gasteiger partial charge is 0.481 e. The Morgan fingerprint density at radius 2 is 1.25 bits per heavy atom. The van der Waals surface area contributed by atoms with Gasteiger partial charge in [-0.1, -0.05) is 0 Å². The molecule has 0 aliphatic rings. The van der Waals surface area contributed by atoms with Crippen LogP contribution in [0, 0.1) is 0 Å². The number of amides is 4. The summed E-state index contributed by atoms with van der Waals surface area (Å²) < 4.78 is 0. The molecule has 0 bridgehead atoms. The number of hydrogen-bond acceptors (Lipinski definition) is 7. The number of nitrogens with one attached hydrogen (secondary N) is 5. The van der Waals surface area contributed by atoms with E-state index in [0.717, 1.165) is 0 Å². The number of carboxylic acids is 2. The molecule has 7 N–H and O–H groups in total. The summed E-state index contributed by atoms with van der Waals surface area (Å²) in [4.78, 5) is 68.7. The summed E-state index contributed by atoms with van der Waals surface area (Å²) >= 11 is 0. The van der Waals surface area contributed by atoms with Crippen molar-refractivity contribution >= 4 is 35.6 Å². The Hall–Kier alpha value is -3.22. The van der Waals surface area contributed by atoms with E-state index in [9.17, 15) is 28.8 Å². The van der Waals surface area contributed by atoms with Crippen molar-refractivity contribution in [3.8, 4) is 0 Å². The molecule has 158 valence electrons. The number of rotatable bonds is 13. The van der Waals surface area contributed by atoms with Gasteiger partial charge in [-0.3, -0.25) is 28.8 Å². The molecule has 0 aliphatic carbocycles. The van der Waals surface area contributed by atoms with Crippen molar-refractivity contribution in [2.24, 2.45) is 0 Å². The molecule has 0 saturated carbocycles. The van der Waals surface area contributed by atoms with E-state index in [4.69, 9.17) is 10.2 Å². The smallest absolute Gasteiger partial charge is 0.305 e. The Kier molecular flexibility index (Phi) is 11.5. The molecule has 0 aromatic rings. The van der Waals surface area contributed by atoms with Crippen LogP contribution in [0.25, 0.3) is 0 Å². The van der Waals surface area contributed by atoms with Crippen molar-refractivity contribution in [1.82, 2.24) is 26.6 Å². The first-order valence-corrected chi connectivity index (χ1v) is 8.33. The van der Waals surface area contributed by atoms with Gasteiger partial charge in [-0.25, -0.2) is 0 Å². The van der Waals surface area contributed by atoms with Gasteiger partial charge in [-0.15, -0.1) is 0 Å². The molecule has 2 atom stereocenters. The first-order valence-electron chi connectivity index (χ1n) is 8.33. The van der Waals surface area contributed by atoms with Crippen molar-refractivity contribution < 1.29 is 39.0 Å². The molecule has 0 rings (SSSR count). The van der Waals surface area contributed by atoms with Crippen molar-refractivity contribution in [3.05, 3.63) is 0 Å². The van der Waals surface area contributed by atoms with Gasteiger partial charge in [0.15, 0.2) is 0 Å². The lowest BCUT2D eigenvalue weighted by Gasteiger charge is -2.20. The van der Waals surface area contributed by atoms with E-state index >= 15 is 0 Å². The second-order valence-electron chi connectivity index (χ2n) is 5.55. The highest BCUT2D eigenvalue weighted by Gasteiger charge is 2.28. The van der Waals surface area contributed by atoms with Gasteiger partial charge in [0, 0.05) is 6.54 Å². The molecule has 28 heavy (non-hydrogen) atoms. The van der Waals surface area contributed by atoms with Gasteiger partial charge in [0.05, 0.1) is 32.0 Å². The third kappa shape index (κ3) is 10.7. The molecule has 0 aliphatic heterocycles. The van der Waals surface area contributed by atoms with Crippen LogP contribution in [0.15, 0.2) is 0 Å². The summed E-state index contributed by atoms with van der Waals surface area (Å²) in [7, 11) is 1.33. The third-order valence-electron chi connectivity index (χ3n) is 3.30. The Morgan fingerprint density at radius 1 is 0.750 bits per heavy atom. The second-order valence-corrected chi connectivity index (χ2v) is 5.55. The Labute approximate surface area is 160 Å². The monoisotopic (exact) mass is 403 g/mol. The SMILES string of the molecule is CCNC(=O)CNC(=O)CNC(=O)C(CC(=O)O)NC(=O)C(CC(=O)O)NC. The number of likely N-dealkylation sites (N-methyl/N-ethyl adjacent to an activating group) is 2. The zero-order valence-corrected chi connectivity index (χ0v) is 15.5. The number of carboxylic acid groups (broad SMARTS) is 2. The van der Waals surface area contributed by atoms with E-state index < -0.39 is 67.0 Å². The second kappa shape index (κ2) is 13.0. The molecule has 0 saturated heterocycles. The Bertz CT molecular complexity index is 609. The maximum absolute atomic E-state index is 12.1. The van der Waals surface area contributed by atoms with Crippen molar-refractivity contribution in [1.29, 1.82) is 0 Å². The maximum Gasteiger partial charge on any atom is 0.305 e. The molecule has 0 fully saturated rings. The summed E-state index contributed by atoms with van der Waals surface area (Å²) in [6, 6.07) is -2.70. The first-order chi connectivity index (χ1) is 13.1. The molecule has 4 amide bonds. The Balaban J connectivity index is 4.74. The number of hydrogen-bond donors (Lipinski definition) is 7. The standard InChI is InChI=1S/C15H25N5O8/c1-3-17-10(21)6-18-11(22)7-19-14(27)9(5-13(25)26)20-15(28)8(16-2)4-12(23)24/h8-9,16H,3-7H2,1-2H3,(H,17,21)(H,18,22)(H,19,27)(H,20,28)(H,23,24)(H,25,26). The van der Waals surface area contributed by atoms with Gasteiger partial charge >= 0.3 is 11.9 Å². The van der Waals surface area contributed by atoms with Gasteiger partial charge in [0.1, 0.15) is 6.04 Å². The van der Waals surface area contributed by atoms with Crippen molar-refractivity contribution in [2.45, 2.75) is 31.8 Å². The fourth-order valence-electron chi connectivity index (χ4n) is 1.95. The van der Waals surface area contributed by atoms with E-state index in [0.29, 0.717) is 6.54 Å². The van der Waals surface area contributed by atoms with Crippen LogP contribution < -0.4 is 26.6 Å². The molecule has 0 aromatic carbocycles. The quantitative estimate of drug-likeness (QED) is 0.162. The van der Waals surface area contributed by atoms with Crippen LogP contribution in [-0.4, -0.2) is 84.5 Å². The highest BCUT2D eigenvalue weighted by molar-refractivity contribution is 5.95. The van der Waals surface area contributed by atoms with Crippen LogP contribution in [0.4, 0.5) is 0 Å². The van der Waals surface area contributed by atoms with Gasteiger partial charge in [0.25, 0.3) is 0 Å². The van der Waals surface area contributed by atoms with Crippen LogP contribution in [0.5, 0.6) is 0 Å². The summed E-state index contributed by atoms with van der Waals surface area (Å²) in [5.41, 5.74) is 0. The zero-order valence-electron chi connectivity index (χ0n) is 15.5. The normalized spacial score (nSPS) is 12.2. The summed E-state index contributed by atoms with van der Waals surface area (Å²) in [6.07, 6.45) is -1.35. The molecule has 13 nitrogen and oxygen atoms in total. The molecule has 0 aromatic heterocycles. The van der Waals surface area contributed by atoms with Gasteiger partial charge in [-0.05, 0) is 14.0 Å². The minimum absolute atomic E-state index is 0.295. The van der Waals surface area contributed by atoms with Crippen LogP contribution in [0.3, 0.4) is 0 Å².